The molecule has 3 N–H and O–H groups in total. The highest BCUT2D eigenvalue weighted by Gasteiger charge is 2.14. The van der Waals surface area contributed by atoms with E-state index in [9.17, 15) is 4.79 Å². The number of hydrogen-bond donors (Lipinski definition) is 2. The zero-order chi connectivity index (χ0) is 14.3. The summed E-state index contributed by atoms with van der Waals surface area (Å²) in [6.45, 7) is 2.37. The van der Waals surface area contributed by atoms with Gasteiger partial charge >= 0.3 is 0 Å². The highest BCUT2D eigenvalue weighted by molar-refractivity contribution is 5.81. The molecule has 0 aliphatic rings. The lowest BCUT2D eigenvalue weighted by molar-refractivity contribution is -0.122. The SMILES string of the molecule is CCCC(N)C(=O)NCc1cccc(OC)c1OC. The lowest BCUT2D eigenvalue weighted by Gasteiger charge is -2.15. The molecule has 19 heavy (non-hydrogen) atoms. The Bertz CT molecular complexity index is 421. The van der Waals surface area contributed by atoms with Gasteiger partial charge in [-0.3, -0.25) is 4.79 Å². The van der Waals surface area contributed by atoms with Crippen LogP contribution in [0.15, 0.2) is 18.2 Å². The number of ether oxygens (including phenoxy) is 2. The molecule has 0 saturated heterocycles. The lowest BCUT2D eigenvalue weighted by Crippen LogP contribution is -2.40. The predicted octanol–water partition coefficient (Wildman–Crippen LogP) is 1.45. The van der Waals surface area contributed by atoms with E-state index in [4.69, 9.17) is 15.2 Å². The van der Waals surface area contributed by atoms with Crippen LogP contribution in [0.3, 0.4) is 0 Å². The van der Waals surface area contributed by atoms with E-state index in [0.717, 1.165) is 12.0 Å². The summed E-state index contributed by atoms with van der Waals surface area (Å²) in [6.07, 6.45) is 1.57. The molecule has 0 fully saturated rings. The van der Waals surface area contributed by atoms with Crippen molar-refractivity contribution in [2.75, 3.05) is 14.2 Å². The molecule has 1 aromatic carbocycles. The fraction of sp³-hybridized carbons (Fsp3) is 0.500. The smallest absolute Gasteiger partial charge is 0.237 e. The normalized spacial score (nSPS) is 11.8. The quantitative estimate of drug-likeness (QED) is 0.783. The van der Waals surface area contributed by atoms with Gasteiger partial charge in [0.25, 0.3) is 0 Å². The number of nitrogens with one attached hydrogen (secondary N) is 1. The third kappa shape index (κ3) is 4.13. The maximum absolute atomic E-state index is 11.8. The summed E-state index contributed by atoms with van der Waals surface area (Å²) in [7, 11) is 3.16. The average Bonchev–Trinajstić information content (AvgIpc) is 2.44. The zero-order valence-corrected chi connectivity index (χ0v) is 11.7. The Kier molecular flexibility index (Phi) is 6.15. The minimum absolute atomic E-state index is 0.147. The number of carbonyl (C=O) groups excluding carboxylic acids is 1. The molecular weight excluding hydrogens is 244 g/mol. The Morgan fingerprint density at radius 2 is 2.11 bits per heavy atom. The van der Waals surface area contributed by atoms with Crippen LogP contribution in [0.5, 0.6) is 11.5 Å². The van der Waals surface area contributed by atoms with Gasteiger partial charge < -0.3 is 20.5 Å². The van der Waals surface area contributed by atoms with Gasteiger partial charge in [0.1, 0.15) is 0 Å². The maximum Gasteiger partial charge on any atom is 0.237 e. The van der Waals surface area contributed by atoms with Crippen molar-refractivity contribution in [2.24, 2.45) is 5.73 Å². The Labute approximate surface area is 114 Å². The molecule has 0 heterocycles. The van der Waals surface area contributed by atoms with Crippen LogP contribution in [-0.4, -0.2) is 26.2 Å². The van der Waals surface area contributed by atoms with Crippen molar-refractivity contribution in [1.29, 1.82) is 0 Å². The van der Waals surface area contributed by atoms with Crippen LogP contribution in [-0.2, 0) is 11.3 Å². The molecule has 1 atom stereocenters. The Hall–Kier alpha value is -1.75. The van der Waals surface area contributed by atoms with E-state index < -0.39 is 6.04 Å². The predicted molar refractivity (Wildman–Crippen MR) is 74.3 cm³/mol. The van der Waals surface area contributed by atoms with Gasteiger partial charge in [-0.1, -0.05) is 25.5 Å². The molecule has 0 aromatic heterocycles. The first-order valence-corrected chi connectivity index (χ1v) is 6.37. The number of benzene rings is 1. The molecule has 106 valence electrons. The number of methoxy groups -OCH3 is 2. The van der Waals surface area contributed by atoms with Crippen molar-refractivity contribution >= 4 is 5.91 Å². The summed E-state index contributed by atoms with van der Waals surface area (Å²) in [5.74, 6) is 1.13. The second-order valence-electron chi connectivity index (χ2n) is 4.27. The Balaban J connectivity index is 2.70. The molecule has 0 aliphatic heterocycles. The molecule has 1 amide bonds. The lowest BCUT2D eigenvalue weighted by atomic mass is 10.1. The summed E-state index contributed by atoms with van der Waals surface area (Å²) in [4.78, 5) is 11.8. The van der Waals surface area contributed by atoms with E-state index in [2.05, 4.69) is 5.32 Å². The van der Waals surface area contributed by atoms with E-state index in [0.29, 0.717) is 24.5 Å². The molecule has 0 saturated carbocycles. The number of hydrogen-bond acceptors (Lipinski definition) is 4. The summed E-state index contributed by atoms with van der Waals surface area (Å²) in [5.41, 5.74) is 6.61. The first-order chi connectivity index (χ1) is 9.13. The van der Waals surface area contributed by atoms with Crippen LogP contribution in [0, 0.1) is 0 Å². The van der Waals surface area contributed by atoms with Crippen LogP contribution < -0.4 is 20.5 Å². The molecule has 0 radical (unpaired) electrons. The van der Waals surface area contributed by atoms with Crippen LogP contribution in [0.1, 0.15) is 25.3 Å². The summed E-state index contributed by atoms with van der Waals surface area (Å²) < 4.78 is 10.5. The largest absolute Gasteiger partial charge is 0.493 e. The minimum atomic E-state index is -0.457. The van der Waals surface area contributed by atoms with Gasteiger partial charge in [-0.25, -0.2) is 0 Å². The first-order valence-electron chi connectivity index (χ1n) is 6.37. The van der Waals surface area contributed by atoms with Gasteiger partial charge in [0.05, 0.1) is 20.3 Å². The third-order valence-electron chi connectivity index (χ3n) is 2.87. The van der Waals surface area contributed by atoms with Crippen LogP contribution in [0.4, 0.5) is 0 Å². The number of amides is 1. The van der Waals surface area contributed by atoms with E-state index in [1.54, 1.807) is 14.2 Å². The van der Waals surface area contributed by atoms with Crippen LogP contribution in [0.25, 0.3) is 0 Å². The number of para-hydroxylation sites is 1. The van der Waals surface area contributed by atoms with Crippen LogP contribution >= 0.6 is 0 Å². The first kappa shape index (κ1) is 15.3. The van der Waals surface area contributed by atoms with Crippen molar-refractivity contribution in [2.45, 2.75) is 32.4 Å². The number of rotatable bonds is 7. The van der Waals surface area contributed by atoms with Crippen molar-refractivity contribution in [3.05, 3.63) is 23.8 Å². The van der Waals surface area contributed by atoms with Gasteiger partial charge in [-0.05, 0) is 12.5 Å². The van der Waals surface area contributed by atoms with Gasteiger partial charge in [-0.15, -0.1) is 0 Å². The van der Waals surface area contributed by atoms with E-state index in [-0.39, 0.29) is 5.91 Å². The third-order valence-corrected chi connectivity index (χ3v) is 2.87. The van der Waals surface area contributed by atoms with E-state index in [1.165, 1.54) is 0 Å². The number of nitrogens with two attached hydrogens (primary N) is 1. The standard InChI is InChI=1S/C14H22N2O3/c1-4-6-11(15)14(17)16-9-10-7-5-8-12(18-2)13(10)19-3/h5,7-8,11H,4,6,9,15H2,1-3H3,(H,16,17). The summed E-state index contributed by atoms with van der Waals surface area (Å²) in [5, 5.41) is 2.81. The van der Waals surface area contributed by atoms with Crippen molar-refractivity contribution in [3.8, 4) is 11.5 Å². The molecule has 0 aliphatic carbocycles. The highest BCUT2D eigenvalue weighted by Crippen LogP contribution is 2.30. The van der Waals surface area contributed by atoms with Gasteiger partial charge in [0.2, 0.25) is 5.91 Å². The second kappa shape index (κ2) is 7.63. The van der Waals surface area contributed by atoms with Crippen LogP contribution in [0.2, 0.25) is 0 Å². The minimum Gasteiger partial charge on any atom is -0.493 e. The van der Waals surface area contributed by atoms with E-state index >= 15 is 0 Å². The molecule has 5 nitrogen and oxygen atoms in total. The van der Waals surface area contributed by atoms with Crippen molar-refractivity contribution < 1.29 is 14.3 Å². The molecular formula is C14H22N2O3. The molecule has 1 rings (SSSR count). The molecule has 0 bridgehead atoms. The van der Waals surface area contributed by atoms with Gasteiger partial charge in [-0.2, -0.15) is 0 Å². The Morgan fingerprint density at radius 3 is 2.68 bits per heavy atom. The van der Waals surface area contributed by atoms with Gasteiger partial charge in [0, 0.05) is 12.1 Å². The number of carbonyl (C=O) groups is 1. The average molecular weight is 266 g/mol. The fourth-order valence-corrected chi connectivity index (χ4v) is 1.85. The topological polar surface area (TPSA) is 73.6 Å². The zero-order valence-electron chi connectivity index (χ0n) is 11.7. The second-order valence-corrected chi connectivity index (χ2v) is 4.27. The summed E-state index contributed by atoms with van der Waals surface area (Å²) in [6, 6.07) is 5.09. The van der Waals surface area contributed by atoms with Crippen molar-refractivity contribution in [1.82, 2.24) is 5.32 Å². The molecule has 1 unspecified atom stereocenters. The van der Waals surface area contributed by atoms with Crippen molar-refractivity contribution in [3.63, 3.8) is 0 Å². The maximum atomic E-state index is 11.8. The summed E-state index contributed by atoms with van der Waals surface area (Å²) >= 11 is 0. The van der Waals surface area contributed by atoms with E-state index in [1.807, 2.05) is 25.1 Å². The molecule has 0 spiro atoms. The Morgan fingerprint density at radius 1 is 1.37 bits per heavy atom. The fourth-order valence-electron chi connectivity index (χ4n) is 1.85. The molecule has 1 aromatic rings. The monoisotopic (exact) mass is 266 g/mol. The molecule has 5 heteroatoms. The highest BCUT2D eigenvalue weighted by atomic mass is 16.5. The van der Waals surface area contributed by atoms with Gasteiger partial charge in [0.15, 0.2) is 11.5 Å².